The molecule has 2 aromatic rings. The lowest BCUT2D eigenvalue weighted by atomic mass is 9.94. The van der Waals surface area contributed by atoms with Crippen molar-refractivity contribution in [1.29, 1.82) is 0 Å². The number of rotatable bonds is 4. The molecule has 0 aliphatic rings. The highest BCUT2D eigenvalue weighted by Crippen LogP contribution is 2.27. The molecular formula is C14H16FN3. The summed E-state index contributed by atoms with van der Waals surface area (Å²) in [6, 6.07) is 5.15. The molecule has 0 radical (unpaired) electrons. The van der Waals surface area contributed by atoms with Gasteiger partial charge in [-0.3, -0.25) is 0 Å². The predicted octanol–water partition coefficient (Wildman–Crippen LogP) is 2.74. The molecule has 1 aromatic carbocycles. The van der Waals surface area contributed by atoms with E-state index in [1.807, 2.05) is 12.1 Å². The van der Waals surface area contributed by atoms with Crippen molar-refractivity contribution in [2.75, 3.05) is 6.54 Å². The lowest BCUT2D eigenvalue weighted by Gasteiger charge is -2.12. The van der Waals surface area contributed by atoms with Gasteiger partial charge in [-0.25, -0.2) is 14.4 Å². The van der Waals surface area contributed by atoms with Crippen molar-refractivity contribution >= 4 is 0 Å². The van der Waals surface area contributed by atoms with Gasteiger partial charge in [-0.1, -0.05) is 13.0 Å². The molecule has 3 nitrogen and oxygen atoms in total. The van der Waals surface area contributed by atoms with E-state index in [-0.39, 0.29) is 5.82 Å². The summed E-state index contributed by atoms with van der Waals surface area (Å²) in [5.74, 6) is 0.0625. The number of aromatic nitrogens is 2. The van der Waals surface area contributed by atoms with Crippen molar-refractivity contribution in [3.63, 3.8) is 0 Å². The Labute approximate surface area is 106 Å². The monoisotopic (exact) mass is 245 g/mol. The summed E-state index contributed by atoms with van der Waals surface area (Å²) in [6.07, 6.45) is 5.55. The maximum Gasteiger partial charge on any atom is 0.131 e. The summed E-state index contributed by atoms with van der Waals surface area (Å²) in [5.41, 5.74) is 7.87. The van der Waals surface area contributed by atoms with Gasteiger partial charge in [0, 0.05) is 23.5 Å². The molecule has 0 saturated heterocycles. The molecule has 0 amide bonds. The molecule has 0 bridgehead atoms. The molecule has 2 rings (SSSR count). The standard InChI is InChI=1S/C14H16FN3/c1-10(4-5-16)11-2-3-14(15)13(6-11)12-7-17-9-18-8-12/h2-3,6-10H,4-5,16H2,1H3. The van der Waals surface area contributed by atoms with E-state index < -0.39 is 0 Å². The second-order valence-corrected chi connectivity index (χ2v) is 4.34. The van der Waals surface area contributed by atoms with Gasteiger partial charge in [0.2, 0.25) is 0 Å². The molecule has 2 N–H and O–H groups in total. The van der Waals surface area contributed by atoms with E-state index in [2.05, 4.69) is 16.9 Å². The minimum absolute atomic E-state index is 0.256. The zero-order chi connectivity index (χ0) is 13.0. The van der Waals surface area contributed by atoms with Crippen molar-refractivity contribution in [3.05, 3.63) is 48.3 Å². The summed E-state index contributed by atoms with van der Waals surface area (Å²) in [4.78, 5) is 7.83. The van der Waals surface area contributed by atoms with Crippen LogP contribution in [0.3, 0.4) is 0 Å². The van der Waals surface area contributed by atoms with Gasteiger partial charge in [0.15, 0.2) is 0 Å². The van der Waals surface area contributed by atoms with Gasteiger partial charge in [0.1, 0.15) is 12.1 Å². The molecule has 1 atom stereocenters. The van der Waals surface area contributed by atoms with Crippen LogP contribution in [0, 0.1) is 5.82 Å². The molecule has 0 fully saturated rings. The number of halogens is 1. The molecule has 0 aliphatic heterocycles. The molecule has 0 saturated carbocycles. The van der Waals surface area contributed by atoms with Crippen LogP contribution in [0.25, 0.3) is 11.1 Å². The average molecular weight is 245 g/mol. The Morgan fingerprint density at radius 3 is 2.67 bits per heavy atom. The summed E-state index contributed by atoms with van der Waals surface area (Å²) in [7, 11) is 0. The van der Waals surface area contributed by atoms with Crippen LogP contribution in [0.5, 0.6) is 0 Å². The second kappa shape index (κ2) is 5.69. The maximum absolute atomic E-state index is 13.8. The van der Waals surface area contributed by atoms with Crippen molar-refractivity contribution in [1.82, 2.24) is 9.97 Å². The summed E-state index contributed by atoms with van der Waals surface area (Å²) in [5, 5.41) is 0. The topological polar surface area (TPSA) is 51.8 Å². The molecule has 18 heavy (non-hydrogen) atoms. The third kappa shape index (κ3) is 2.71. The van der Waals surface area contributed by atoms with Crippen LogP contribution in [-0.4, -0.2) is 16.5 Å². The third-order valence-corrected chi connectivity index (χ3v) is 3.03. The van der Waals surface area contributed by atoms with Crippen molar-refractivity contribution < 1.29 is 4.39 Å². The van der Waals surface area contributed by atoms with Crippen LogP contribution in [-0.2, 0) is 0 Å². The minimum atomic E-state index is -0.256. The molecule has 1 aromatic heterocycles. The Kier molecular flexibility index (Phi) is 3.99. The Hall–Kier alpha value is -1.81. The van der Waals surface area contributed by atoms with Gasteiger partial charge in [-0.15, -0.1) is 0 Å². The lowest BCUT2D eigenvalue weighted by Crippen LogP contribution is -2.05. The molecule has 1 heterocycles. The Bertz CT molecular complexity index is 514. The van der Waals surface area contributed by atoms with Crippen LogP contribution in [0.4, 0.5) is 4.39 Å². The van der Waals surface area contributed by atoms with Gasteiger partial charge in [-0.2, -0.15) is 0 Å². The van der Waals surface area contributed by atoms with E-state index in [1.165, 1.54) is 12.4 Å². The van der Waals surface area contributed by atoms with Gasteiger partial charge in [-0.05, 0) is 36.6 Å². The number of nitrogens with zero attached hydrogens (tertiary/aromatic N) is 2. The van der Waals surface area contributed by atoms with Crippen LogP contribution >= 0.6 is 0 Å². The molecule has 4 heteroatoms. The summed E-state index contributed by atoms with van der Waals surface area (Å²) < 4.78 is 13.8. The predicted molar refractivity (Wildman–Crippen MR) is 69.5 cm³/mol. The quantitative estimate of drug-likeness (QED) is 0.901. The highest BCUT2D eigenvalue weighted by Gasteiger charge is 2.10. The third-order valence-electron chi connectivity index (χ3n) is 3.03. The Morgan fingerprint density at radius 2 is 2.00 bits per heavy atom. The van der Waals surface area contributed by atoms with E-state index in [1.54, 1.807) is 12.4 Å². The molecule has 0 aliphatic carbocycles. The first-order valence-corrected chi connectivity index (χ1v) is 5.97. The van der Waals surface area contributed by atoms with E-state index in [9.17, 15) is 4.39 Å². The van der Waals surface area contributed by atoms with Crippen molar-refractivity contribution in [3.8, 4) is 11.1 Å². The fourth-order valence-electron chi connectivity index (χ4n) is 1.93. The van der Waals surface area contributed by atoms with Crippen LogP contribution in [0.2, 0.25) is 0 Å². The Morgan fingerprint density at radius 1 is 1.28 bits per heavy atom. The fourth-order valence-corrected chi connectivity index (χ4v) is 1.93. The molecule has 0 spiro atoms. The van der Waals surface area contributed by atoms with Gasteiger partial charge in [0.25, 0.3) is 0 Å². The highest BCUT2D eigenvalue weighted by molar-refractivity contribution is 5.63. The van der Waals surface area contributed by atoms with Crippen LogP contribution in [0.15, 0.2) is 36.9 Å². The first-order valence-electron chi connectivity index (χ1n) is 5.97. The number of hydrogen-bond acceptors (Lipinski definition) is 3. The Balaban J connectivity index is 2.39. The minimum Gasteiger partial charge on any atom is -0.330 e. The zero-order valence-corrected chi connectivity index (χ0v) is 10.3. The highest BCUT2D eigenvalue weighted by atomic mass is 19.1. The number of hydrogen-bond donors (Lipinski definition) is 1. The zero-order valence-electron chi connectivity index (χ0n) is 10.3. The number of nitrogens with two attached hydrogens (primary N) is 1. The van der Waals surface area contributed by atoms with E-state index in [0.717, 1.165) is 12.0 Å². The SMILES string of the molecule is CC(CCN)c1ccc(F)c(-c2cncnc2)c1. The summed E-state index contributed by atoms with van der Waals surface area (Å²) >= 11 is 0. The van der Waals surface area contributed by atoms with Gasteiger partial charge in [0.05, 0.1) is 0 Å². The largest absolute Gasteiger partial charge is 0.330 e. The van der Waals surface area contributed by atoms with Crippen molar-refractivity contribution in [2.24, 2.45) is 5.73 Å². The normalized spacial score (nSPS) is 12.4. The summed E-state index contributed by atoms with van der Waals surface area (Å²) in [6.45, 7) is 2.72. The lowest BCUT2D eigenvalue weighted by molar-refractivity contribution is 0.627. The van der Waals surface area contributed by atoms with E-state index in [0.29, 0.717) is 23.6 Å². The van der Waals surface area contributed by atoms with Gasteiger partial charge < -0.3 is 5.73 Å². The van der Waals surface area contributed by atoms with Crippen LogP contribution in [0.1, 0.15) is 24.8 Å². The average Bonchev–Trinajstić information content (AvgIpc) is 2.40. The molecule has 94 valence electrons. The van der Waals surface area contributed by atoms with Gasteiger partial charge >= 0.3 is 0 Å². The maximum atomic E-state index is 13.8. The van der Waals surface area contributed by atoms with E-state index >= 15 is 0 Å². The van der Waals surface area contributed by atoms with Crippen LogP contribution < -0.4 is 5.73 Å². The first-order chi connectivity index (χ1) is 8.72. The van der Waals surface area contributed by atoms with Crippen molar-refractivity contribution in [2.45, 2.75) is 19.3 Å². The molecule has 1 unspecified atom stereocenters. The number of benzene rings is 1. The second-order valence-electron chi connectivity index (χ2n) is 4.34. The smallest absolute Gasteiger partial charge is 0.131 e. The first kappa shape index (κ1) is 12.6. The fraction of sp³-hybridized carbons (Fsp3) is 0.286. The van der Waals surface area contributed by atoms with E-state index in [4.69, 9.17) is 5.73 Å². The molecular weight excluding hydrogens is 229 g/mol.